The summed E-state index contributed by atoms with van der Waals surface area (Å²) >= 11 is 0. The lowest BCUT2D eigenvalue weighted by atomic mass is 10.1. The van der Waals surface area contributed by atoms with Gasteiger partial charge in [0.15, 0.2) is 0 Å². The largest absolute Gasteiger partial charge is 0.197 e. The van der Waals surface area contributed by atoms with Gasteiger partial charge in [0.2, 0.25) is 0 Å². The van der Waals surface area contributed by atoms with E-state index >= 15 is 0 Å². The maximum atomic E-state index is 4.14. The molecule has 0 fully saturated rings. The van der Waals surface area contributed by atoms with Crippen molar-refractivity contribution >= 4 is 23.2 Å². The van der Waals surface area contributed by atoms with Crippen molar-refractivity contribution in [3.63, 3.8) is 0 Å². The third-order valence-corrected chi connectivity index (χ3v) is 2.63. The molecule has 1 aromatic heterocycles. The summed E-state index contributed by atoms with van der Waals surface area (Å²) in [4.78, 5) is 0. The highest BCUT2D eigenvalue weighted by molar-refractivity contribution is 5.87. The van der Waals surface area contributed by atoms with Crippen LogP contribution in [0.25, 0.3) is 23.2 Å². The summed E-state index contributed by atoms with van der Waals surface area (Å²) in [6, 6.07) is 16.2. The molecule has 3 heteroatoms. The lowest BCUT2D eigenvalue weighted by molar-refractivity contribution is 0.959. The Morgan fingerprint density at radius 1 is 0.824 bits per heavy atom. The van der Waals surface area contributed by atoms with E-state index in [1.54, 1.807) is 0 Å². The Balaban J connectivity index is 2.00. The lowest BCUT2D eigenvalue weighted by Crippen LogP contribution is -1.76. The van der Waals surface area contributed by atoms with Gasteiger partial charge in [-0.3, -0.25) is 0 Å². The van der Waals surface area contributed by atoms with Crippen molar-refractivity contribution in [2.45, 2.75) is 0 Å². The molecule has 0 aliphatic heterocycles. The molecule has 1 N–H and O–H groups in total. The van der Waals surface area contributed by atoms with Crippen LogP contribution in [0.4, 0.5) is 0 Å². The quantitative estimate of drug-likeness (QED) is 0.675. The van der Waals surface area contributed by atoms with Crippen molar-refractivity contribution < 1.29 is 0 Å². The first kappa shape index (κ1) is 9.78. The first-order valence-electron chi connectivity index (χ1n) is 5.46. The van der Waals surface area contributed by atoms with E-state index in [1.165, 1.54) is 5.56 Å². The second-order valence-electron chi connectivity index (χ2n) is 3.78. The van der Waals surface area contributed by atoms with Crippen LogP contribution in [0.2, 0.25) is 0 Å². The third kappa shape index (κ3) is 1.95. The van der Waals surface area contributed by atoms with Gasteiger partial charge in [0, 0.05) is 5.56 Å². The molecule has 3 nitrogen and oxygen atoms in total. The molecule has 2 aromatic carbocycles. The molecule has 0 spiro atoms. The van der Waals surface area contributed by atoms with Gasteiger partial charge in [0.05, 0.1) is 0 Å². The van der Waals surface area contributed by atoms with Crippen LogP contribution < -0.4 is 0 Å². The highest BCUT2D eigenvalue weighted by Crippen LogP contribution is 2.16. The molecule has 0 saturated carbocycles. The second-order valence-corrected chi connectivity index (χ2v) is 3.78. The van der Waals surface area contributed by atoms with Gasteiger partial charge in [0.1, 0.15) is 11.0 Å². The normalized spacial score (nSPS) is 11.3. The average Bonchev–Trinajstić information content (AvgIpc) is 2.86. The number of rotatable bonds is 2. The van der Waals surface area contributed by atoms with E-state index in [9.17, 15) is 0 Å². The van der Waals surface area contributed by atoms with Crippen LogP contribution in [0.1, 0.15) is 11.1 Å². The number of fused-ring (bicyclic) bond motifs is 1. The average molecular weight is 221 g/mol. The fourth-order valence-electron chi connectivity index (χ4n) is 1.77. The van der Waals surface area contributed by atoms with E-state index in [0.717, 1.165) is 16.6 Å². The van der Waals surface area contributed by atoms with Crippen LogP contribution in [0.15, 0.2) is 48.5 Å². The van der Waals surface area contributed by atoms with Crippen molar-refractivity contribution in [3.8, 4) is 0 Å². The molecule has 0 atom stereocenters. The number of nitrogens with one attached hydrogen (secondary N) is 1. The number of nitrogens with zero attached hydrogens (tertiary/aromatic N) is 2. The Bertz CT molecular complexity index is 653. The van der Waals surface area contributed by atoms with E-state index < -0.39 is 0 Å². The topological polar surface area (TPSA) is 41.6 Å². The van der Waals surface area contributed by atoms with Crippen LogP contribution in [-0.4, -0.2) is 15.4 Å². The van der Waals surface area contributed by atoms with Crippen molar-refractivity contribution in [1.29, 1.82) is 0 Å². The number of aromatic amines is 1. The van der Waals surface area contributed by atoms with E-state index in [-0.39, 0.29) is 0 Å². The Labute approximate surface area is 98.8 Å². The minimum Gasteiger partial charge on any atom is -0.197 e. The molecule has 0 aliphatic rings. The Morgan fingerprint density at radius 3 is 2.59 bits per heavy atom. The molecular formula is C14H11N3. The predicted octanol–water partition coefficient (Wildman–Crippen LogP) is 3.13. The molecule has 3 rings (SSSR count). The summed E-state index contributed by atoms with van der Waals surface area (Å²) in [5.41, 5.74) is 4.04. The molecule has 0 radical (unpaired) electrons. The van der Waals surface area contributed by atoms with Crippen molar-refractivity contribution in [1.82, 2.24) is 15.4 Å². The molecular weight excluding hydrogens is 210 g/mol. The highest BCUT2D eigenvalue weighted by atomic mass is 15.3. The number of aromatic nitrogens is 3. The zero-order valence-corrected chi connectivity index (χ0v) is 9.17. The summed E-state index contributed by atoms with van der Waals surface area (Å²) in [6.07, 6.45) is 4.13. The molecule has 17 heavy (non-hydrogen) atoms. The summed E-state index contributed by atoms with van der Waals surface area (Å²) in [7, 11) is 0. The molecule has 82 valence electrons. The molecule has 0 bridgehead atoms. The van der Waals surface area contributed by atoms with Crippen molar-refractivity contribution in [2.75, 3.05) is 0 Å². The Kier molecular flexibility index (Phi) is 2.43. The molecule has 1 heterocycles. The Hall–Kier alpha value is -2.42. The maximum Gasteiger partial charge on any atom is 0.120 e. The number of para-hydroxylation sites is 1. The minimum absolute atomic E-state index is 0.889. The zero-order valence-electron chi connectivity index (χ0n) is 9.17. The van der Waals surface area contributed by atoms with E-state index in [4.69, 9.17) is 0 Å². The van der Waals surface area contributed by atoms with Gasteiger partial charge in [-0.15, -0.1) is 0 Å². The van der Waals surface area contributed by atoms with Crippen LogP contribution in [0.3, 0.4) is 0 Å². The smallest absolute Gasteiger partial charge is 0.120 e. The van der Waals surface area contributed by atoms with Gasteiger partial charge >= 0.3 is 0 Å². The van der Waals surface area contributed by atoms with Gasteiger partial charge in [-0.05, 0) is 11.6 Å². The monoisotopic (exact) mass is 221 g/mol. The summed E-state index contributed by atoms with van der Waals surface area (Å²) in [6.45, 7) is 0. The van der Waals surface area contributed by atoms with Crippen LogP contribution in [0, 0.1) is 0 Å². The fraction of sp³-hybridized carbons (Fsp3) is 0. The van der Waals surface area contributed by atoms with Gasteiger partial charge < -0.3 is 0 Å². The molecule has 0 saturated heterocycles. The van der Waals surface area contributed by atoms with Crippen molar-refractivity contribution in [3.05, 3.63) is 59.7 Å². The van der Waals surface area contributed by atoms with Crippen LogP contribution in [0.5, 0.6) is 0 Å². The van der Waals surface area contributed by atoms with Crippen LogP contribution >= 0.6 is 0 Å². The summed E-state index contributed by atoms with van der Waals surface area (Å²) in [5.74, 6) is 0. The maximum absolute atomic E-state index is 4.14. The molecule has 0 unspecified atom stereocenters. The molecule has 0 aliphatic carbocycles. The fourth-order valence-corrected chi connectivity index (χ4v) is 1.77. The Morgan fingerprint density at radius 2 is 1.71 bits per heavy atom. The number of hydrogen-bond acceptors (Lipinski definition) is 2. The SMILES string of the molecule is C(=Cc1cccc2n[nH]nc12)c1ccccc1. The first-order valence-corrected chi connectivity index (χ1v) is 5.46. The molecule has 3 aromatic rings. The highest BCUT2D eigenvalue weighted by Gasteiger charge is 2.00. The first-order chi connectivity index (χ1) is 8.43. The summed E-state index contributed by atoms with van der Waals surface area (Å²) < 4.78 is 0. The molecule has 0 amide bonds. The number of benzene rings is 2. The van der Waals surface area contributed by atoms with E-state index in [0.29, 0.717) is 0 Å². The van der Waals surface area contributed by atoms with Crippen molar-refractivity contribution in [2.24, 2.45) is 0 Å². The van der Waals surface area contributed by atoms with Gasteiger partial charge in [-0.2, -0.15) is 15.4 Å². The summed E-state index contributed by atoms with van der Waals surface area (Å²) in [5, 5.41) is 10.9. The standard InChI is InChI=1S/C14H11N3/c1-2-5-11(6-3-1)9-10-12-7-4-8-13-14(12)16-17-15-13/h1-10H,(H,15,16,17). The zero-order chi connectivity index (χ0) is 11.5. The number of H-pyrrole nitrogens is 1. The lowest BCUT2D eigenvalue weighted by Gasteiger charge is -1.94. The predicted molar refractivity (Wildman–Crippen MR) is 69.3 cm³/mol. The van der Waals surface area contributed by atoms with Gasteiger partial charge in [0.25, 0.3) is 0 Å². The van der Waals surface area contributed by atoms with Crippen LogP contribution in [-0.2, 0) is 0 Å². The third-order valence-electron chi connectivity index (χ3n) is 2.63. The second kappa shape index (κ2) is 4.22. The number of hydrogen-bond donors (Lipinski definition) is 1. The van der Waals surface area contributed by atoms with Gasteiger partial charge in [-0.1, -0.05) is 54.6 Å². The van der Waals surface area contributed by atoms with E-state index in [1.807, 2.05) is 36.4 Å². The van der Waals surface area contributed by atoms with Gasteiger partial charge in [-0.25, -0.2) is 0 Å². The van der Waals surface area contributed by atoms with E-state index in [2.05, 4.69) is 39.7 Å². The minimum atomic E-state index is 0.889.